The molecule has 1 fully saturated rings. The Morgan fingerprint density at radius 2 is 2.00 bits per heavy atom. The SMILES string of the molecule is CCOC(=O)N1CCC(NC(=O)c2cccc(OCc3cn4cccc(C)c4n3)c2)CC1. The number of pyridine rings is 1. The molecular weight excluding hydrogens is 408 g/mol. The molecule has 0 bridgehead atoms. The molecule has 0 spiro atoms. The van der Waals surface area contributed by atoms with Gasteiger partial charge in [0.15, 0.2) is 0 Å². The fourth-order valence-corrected chi connectivity index (χ4v) is 3.85. The minimum atomic E-state index is -0.289. The highest BCUT2D eigenvalue weighted by molar-refractivity contribution is 5.94. The van der Waals surface area contributed by atoms with Gasteiger partial charge in [0.25, 0.3) is 5.91 Å². The van der Waals surface area contributed by atoms with Crippen LogP contribution in [0.1, 0.15) is 41.4 Å². The Balaban J connectivity index is 1.32. The molecule has 4 rings (SSSR count). The van der Waals surface area contributed by atoms with E-state index in [1.165, 1.54) is 0 Å². The number of carbonyl (C=O) groups is 2. The zero-order chi connectivity index (χ0) is 22.5. The van der Waals surface area contributed by atoms with Crippen LogP contribution in [0.5, 0.6) is 5.75 Å². The molecule has 0 atom stereocenters. The lowest BCUT2D eigenvalue weighted by Gasteiger charge is -2.31. The van der Waals surface area contributed by atoms with E-state index in [4.69, 9.17) is 9.47 Å². The second-order valence-electron chi connectivity index (χ2n) is 7.90. The number of aryl methyl sites for hydroxylation is 1. The molecule has 0 radical (unpaired) electrons. The van der Waals surface area contributed by atoms with Gasteiger partial charge in [0, 0.05) is 37.1 Å². The van der Waals surface area contributed by atoms with E-state index in [2.05, 4.69) is 10.3 Å². The van der Waals surface area contributed by atoms with Gasteiger partial charge in [0.05, 0.1) is 12.3 Å². The predicted molar refractivity (Wildman–Crippen MR) is 120 cm³/mol. The third kappa shape index (κ3) is 5.01. The largest absolute Gasteiger partial charge is 0.487 e. The van der Waals surface area contributed by atoms with Gasteiger partial charge in [-0.1, -0.05) is 12.1 Å². The number of hydrogen-bond acceptors (Lipinski definition) is 5. The van der Waals surface area contributed by atoms with Crippen molar-refractivity contribution in [2.24, 2.45) is 0 Å². The molecule has 1 N–H and O–H groups in total. The fraction of sp³-hybridized carbons (Fsp3) is 0.375. The van der Waals surface area contributed by atoms with Gasteiger partial charge in [0.1, 0.15) is 18.0 Å². The van der Waals surface area contributed by atoms with E-state index in [0.717, 1.165) is 16.9 Å². The van der Waals surface area contributed by atoms with Crippen molar-refractivity contribution in [3.05, 3.63) is 65.6 Å². The van der Waals surface area contributed by atoms with Gasteiger partial charge in [-0.25, -0.2) is 9.78 Å². The molecule has 0 unspecified atom stereocenters. The van der Waals surface area contributed by atoms with E-state index in [9.17, 15) is 9.59 Å². The Morgan fingerprint density at radius 3 is 2.75 bits per heavy atom. The Bertz CT molecular complexity index is 1100. The molecule has 1 aliphatic rings. The number of amides is 2. The van der Waals surface area contributed by atoms with Crippen molar-refractivity contribution in [2.45, 2.75) is 39.3 Å². The molecule has 0 aliphatic carbocycles. The topological polar surface area (TPSA) is 85.2 Å². The lowest BCUT2D eigenvalue weighted by molar-refractivity contribution is 0.0859. The van der Waals surface area contributed by atoms with Crippen LogP contribution in [-0.4, -0.2) is 52.0 Å². The van der Waals surface area contributed by atoms with E-state index in [1.807, 2.05) is 41.9 Å². The molecule has 8 heteroatoms. The second kappa shape index (κ2) is 9.72. The summed E-state index contributed by atoms with van der Waals surface area (Å²) in [6.45, 7) is 5.65. The summed E-state index contributed by atoms with van der Waals surface area (Å²) in [5.74, 6) is 0.469. The quantitative estimate of drug-likeness (QED) is 0.639. The first-order chi connectivity index (χ1) is 15.5. The minimum absolute atomic E-state index is 0.0268. The van der Waals surface area contributed by atoms with Crippen molar-refractivity contribution in [2.75, 3.05) is 19.7 Å². The van der Waals surface area contributed by atoms with Gasteiger partial charge in [-0.3, -0.25) is 4.79 Å². The Kier molecular flexibility index (Phi) is 6.58. The van der Waals surface area contributed by atoms with Gasteiger partial charge < -0.3 is 24.1 Å². The number of nitrogens with zero attached hydrogens (tertiary/aromatic N) is 3. The normalized spacial score (nSPS) is 14.4. The van der Waals surface area contributed by atoms with E-state index < -0.39 is 0 Å². The summed E-state index contributed by atoms with van der Waals surface area (Å²) >= 11 is 0. The first-order valence-electron chi connectivity index (χ1n) is 10.9. The van der Waals surface area contributed by atoms with Crippen molar-refractivity contribution in [1.29, 1.82) is 0 Å². The van der Waals surface area contributed by atoms with Gasteiger partial charge in [0.2, 0.25) is 0 Å². The van der Waals surface area contributed by atoms with Crippen molar-refractivity contribution in [3.8, 4) is 5.75 Å². The zero-order valence-electron chi connectivity index (χ0n) is 18.4. The molecule has 168 valence electrons. The Labute approximate surface area is 187 Å². The number of benzene rings is 1. The molecule has 1 aromatic carbocycles. The molecule has 3 aromatic rings. The van der Waals surface area contributed by atoms with Gasteiger partial charge in [-0.2, -0.15) is 0 Å². The number of aromatic nitrogens is 2. The number of piperidine rings is 1. The molecule has 3 heterocycles. The number of fused-ring (bicyclic) bond motifs is 1. The van der Waals surface area contributed by atoms with E-state index >= 15 is 0 Å². The lowest BCUT2D eigenvalue weighted by Crippen LogP contribution is -2.46. The van der Waals surface area contributed by atoms with Crippen LogP contribution >= 0.6 is 0 Å². The van der Waals surface area contributed by atoms with Crippen LogP contribution in [0.3, 0.4) is 0 Å². The average Bonchev–Trinajstić information content (AvgIpc) is 3.23. The first kappa shape index (κ1) is 21.7. The van der Waals surface area contributed by atoms with Crippen LogP contribution in [0, 0.1) is 6.92 Å². The Hall–Kier alpha value is -3.55. The number of likely N-dealkylation sites (tertiary alicyclic amines) is 1. The number of imidazole rings is 1. The van der Waals surface area contributed by atoms with Crippen LogP contribution in [0.25, 0.3) is 5.65 Å². The maximum Gasteiger partial charge on any atom is 0.409 e. The maximum atomic E-state index is 12.7. The molecule has 1 aliphatic heterocycles. The summed E-state index contributed by atoms with van der Waals surface area (Å²) in [6.07, 6.45) is 5.02. The molecule has 1 saturated heterocycles. The van der Waals surface area contributed by atoms with Crippen molar-refractivity contribution in [1.82, 2.24) is 19.6 Å². The zero-order valence-corrected chi connectivity index (χ0v) is 18.4. The summed E-state index contributed by atoms with van der Waals surface area (Å²) < 4.78 is 12.9. The highest BCUT2D eigenvalue weighted by atomic mass is 16.6. The highest BCUT2D eigenvalue weighted by Gasteiger charge is 2.24. The monoisotopic (exact) mass is 436 g/mol. The number of carbonyl (C=O) groups excluding carboxylic acids is 2. The molecule has 2 amide bonds. The Morgan fingerprint density at radius 1 is 1.19 bits per heavy atom. The van der Waals surface area contributed by atoms with Crippen molar-refractivity contribution in [3.63, 3.8) is 0 Å². The third-order valence-corrected chi connectivity index (χ3v) is 5.57. The van der Waals surface area contributed by atoms with Crippen LogP contribution in [0.15, 0.2) is 48.8 Å². The maximum absolute atomic E-state index is 12.7. The average molecular weight is 437 g/mol. The second-order valence-corrected chi connectivity index (χ2v) is 7.90. The van der Waals surface area contributed by atoms with Gasteiger partial charge >= 0.3 is 6.09 Å². The van der Waals surface area contributed by atoms with E-state index in [1.54, 1.807) is 30.0 Å². The molecule has 32 heavy (non-hydrogen) atoms. The van der Waals surface area contributed by atoms with Crippen molar-refractivity contribution >= 4 is 17.6 Å². The highest BCUT2D eigenvalue weighted by Crippen LogP contribution is 2.18. The molecule has 8 nitrogen and oxygen atoms in total. The summed E-state index contributed by atoms with van der Waals surface area (Å²) in [5, 5.41) is 3.06. The number of hydrogen-bond donors (Lipinski definition) is 1. The standard InChI is InChI=1S/C24H28N4O4/c1-3-31-24(30)27-12-9-19(10-13-27)26-23(29)18-7-4-8-21(14-18)32-16-20-15-28-11-5-6-17(2)22(28)25-20/h4-8,11,14-15,19H,3,9-10,12-13,16H2,1-2H3,(H,26,29). The van der Waals surface area contributed by atoms with Crippen LogP contribution < -0.4 is 10.1 Å². The summed E-state index contributed by atoms with van der Waals surface area (Å²) in [7, 11) is 0. The lowest BCUT2D eigenvalue weighted by atomic mass is 10.0. The van der Waals surface area contributed by atoms with E-state index in [-0.39, 0.29) is 18.0 Å². The van der Waals surface area contributed by atoms with E-state index in [0.29, 0.717) is 50.5 Å². The summed E-state index contributed by atoms with van der Waals surface area (Å²) in [5.41, 5.74) is 3.38. The third-order valence-electron chi connectivity index (χ3n) is 5.57. The smallest absolute Gasteiger partial charge is 0.409 e. The summed E-state index contributed by atoms with van der Waals surface area (Å²) in [4.78, 5) is 30.8. The predicted octanol–water partition coefficient (Wildman–Crippen LogP) is 3.57. The number of nitrogens with one attached hydrogen (secondary N) is 1. The van der Waals surface area contributed by atoms with Crippen LogP contribution in [-0.2, 0) is 11.3 Å². The molecule has 0 saturated carbocycles. The van der Waals surface area contributed by atoms with Gasteiger partial charge in [-0.15, -0.1) is 0 Å². The molecule has 2 aromatic heterocycles. The van der Waals surface area contributed by atoms with Crippen LogP contribution in [0.4, 0.5) is 4.79 Å². The summed E-state index contributed by atoms with van der Waals surface area (Å²) in [6, 6.07) is 11.2. The molecular formula is C24H28N4O4. The van der Waals surface area contributed by atoms with Crippen LogP contribution in [0.2, 0.25) is 0 Å². The fourth-order valence-electron chi connectivity index (χ4n) is 3.85. The minimum Gasteiger partial charge on any atom is -0.487 e. The van der Waals surface area contributed by atoms with Gasteiger partial charge in [-0.05, 0) is 56.5 Å². The number of rotatable bonds is 6. The van der Waals surface area contributed by atoms with Crippen molar-refractivity contribution < 1.29 is 19.1 Å². The number of ether oxygens (including phenoxy) is 2. The first-order valence-corrected chi connectivity index (χ1v) is 10.9.